The molecule has 2 fully saturated rings. The van der Waals surface area contributed by atoms with E-state index in [-0.39, 0.29) is 10.8 Å². The van der Waals surface area contributed by atoms with Gasteiger partial charge >= 0.3 is 0 Å². The number of nitrogens with zero attached hydrogens (tertiary/aromatic N) is 2. The number of carbonyl (C=O) groups is 1. The van der Waals surface area contributed by atoms with Gasteiger partial charge in [0.1, 0.15) is 0 Å². The molecule has 1 aromatic carbocycles. The molecule has 2 aliphatic heterocycles. The maximum absolute atomic E-state index is 13.1. The van der Waals surface area contributed by atoms with Gasteiger partial charge in [0.2, 0.25) is 10.0 Å². The first-order valence-corrected chi connectivity index (χ1v) is 13.0. The van der Waals surface area contributed by atoms with Crippen molar-refractivity contribution < 1.29 is 13.2 Å². The van der Waals surface area contributed by atoms with Crippen LogP contribution in [0.3, 0.4) is 0 Å². The summed E-state index contributed by atoms with van der Waals surface area (Å²) in [7, 11) is -3.55. The van der Waals surface area contributed by atoms with Crippen molar-refractivity contribution in [1.82, 2.24) is 14.5 Å². The minimum Gasteiger partial charge on any atom is -0.352 e. The molecule has 1 amide bonds. The molecule has 7 heteroatoms. The Bertz CT molecular complexity index is 794. The highest BCUT2D eigenvalue weighted by Gasteiger charge is 2.26. The molecule has 0 bridgehead atoms. The van der Waals surface area contributed by atoms with E-state index in [1.54, 1.807) is 22.5 Å². The first-order valence-electron chi connectivity index (χ1n) is 11.6. The smallest absolute Gasteiger partial charge is 0.251 e. The first-order chi connectivity index (χ1) is 14.5. The van der Waals surface area contributed by atoms with Crippen molar-refractivity contribution in [3.63, 3.8) is 0 Å². The quantitative estimate of drug-likeness (QED) is 0.665. The van der Waals surface area contributed by atoms with Gasteiger partial charge in [-0.2, -0.15) is 4.31 Å². The van der Waals surface area contributed by atoms with Crippen molar-refractivity contribution in [2.75, 3.05) is 39.3 Å². The summed E-state index contributed by atoms with van der Waals surface area (Å²) in [5.74, 6) is -0.184. The predicted molar refractivity (Wildman–Crippen MR) is 120 cm³/mol. The number of amides is 1. The number of carbonyl (C=O) groups excluding carboxylic acids is 1. The van der Waals surface area contributed by atoms with Gasteiger partial charge in [0.25, 0.3) is 5.91 Å². The van der Waals surface area contributed by atoms with E-state index in [2.05, 4.69) is 10.2 Å². The SMILES string of the molecule is Cc1ccc(S(=O)(=O)N2CCCCCC2)cc1C(=O)NCCCN1CCCCCC1. The molecular formula is C23H37N3O3S. The molecule has 2 saturated heterocycles. The molecule has 168 valence electrons. The van der Waals surface area contributed by atoms with E-state index in [1.807, 2.05) is 6.92 Å². The van der Waals surface area contributed by atoms with Gasteiger partial charge in [0.15, 0.2) is 0 Å². The summed E-state index contributed by atoms with van der Waals surface area (Å²) in [6, 6.07) is 4.93. The predicted octanol–water partition coefficient (Wildman–Crippen LogP) is 3.56. The summed E-state index contributed by atoms with van der Waals surface area (Å²) in [5.41, 5.74) is 1.26. The topological polar surface area (TPSA) is 69.7 Å². The Morgan fingerprint density at radius 1 is 0.933 bits per heavy atom. The number of benzene rings is 1. The van der Waals surface area contributed by atoms with Crippen LogP contribution in [-0.2, 0) is 10.0 Å². The van der Waals surface area contributed by atoms with Crippen molar-refractivity contribution >= 4 is 15.9 Å². The molecule has 0 saturated carbocycles. The summed E-state index contributed by atoms with van der Waals surface area (Å²) in [5, 5.41) is 2.99. The maximum atomic E-state index is 13.1. The van der Waals surface area contributed by atoms with Gasteiger partial charge in [-0.25, -0.2) is 8.42 Å². The van der Waals surface area contributed by atoms with Crippen LogP contribution < -0.4 is 5.32 Å². The Kier molecular flexibility index (Phi) is 8.72. The monoisotopic (exact) mass is 435 g/mol. The molecule has 2 aliphatic rings. The maximum Gasteiger partial charge on any atom is 0.251 e. The number of sulfonamides is 1. The Labute approximate surface area is 182 Å². The standard InChI is InChI=1S/C23H37N3O3S/c1-20-11-12-21(30(28,29)26-17-8-4-5-9-18-26)19-22(20)23(27)24-13-10-16-25-14-6-2-3-7-15-25/h11-12,19H,2-10,13-18H2,1H3,(H,24,27). The molecule has 3 rings (SSSR count). The van der Waals surface area contributed by atoms with Crippen LogP contribution in [0, 0.1) is 6.92 Å². The third-order valence-electron chi connectivity index (χ3n) is 6.29. The Morgan fingerprint density at radius 3 is 2.17 bits per heavy atom. The molecule has 1 N–H and O–H groups in total. The summed E-state index contributed by atoms with van der Waals surface area (Å²) >= 11 is 0. The molecule has 30 heavy (non-hydrogen) atoms. The van der Waals surface area contributed by atoms with E-state index in [0.717, 1.165) is 57.3 Å². The molecule has 2 heterocycles. The van der Waals surface area contributed by atoms with E-state index in [4.69, 9.17) is 0 Å². The fraction of sp³-hybridized carbons (Fsp3) is 0.696. The van der Waals surface area contributed by atoms with E-state index < -0.39 is 10.0 Å². The molecule has 0 radical (unpaired) electrons. The highest BCUT2D eigenvalue weighted by Crippen LogP contribution is 2.22. The zero-order valence-electron chi connectivity index (χ0n) is 18.4. The zero-order chi connectivity index (χ0) is 21.4. The highest BCUT2D eigenvalue weighted by atomic mass is 32.2. The molecule has 0 spiro atoms. The van der Waals surface area contributed by atoms with E-state index in [1.165, 1.54) is 25.7 Å². The van der Waals surface area contributed by atoms with E-state index in [0.29, 0.717) is 25.2 Å². The van der Waals surface area contributed by atoms with Crippen LogP contribution in [0.1, 0.15) is 73.7 Å². The fourth-order valence-electron chi connectivity index (χ4n) is 4.40. The molecule has 0 aliphatic carbocycles. The average Bonchev–Trinajstić information content (AvgIpc) is 3.17. The van der Waals surface area contributed by atoms with Crippen LogP contribution in [0.25, 0.3) is 0 Å². The minimum atomic E-state index is -3.55. The minimum absolute atomic E-state index is 0.184. The van der Waals surface area contributed by atoms with Crippen molar-refractivity contribution in [3.05, 3.63) is 29.3 Å². The van der Waals surface area contributed by atoms with Crippen molar-refractivity contribution in [2.45, 2.75) is 69.6 Å². The van der Waals surface area contributed by atoms with Gasteiger partial charge in [0, 0.05) is 25.2 Å². The zero-order valence-corrected chi connectivity index (χ0v) is 19.2. The van der Waals surface area contributed by atoms with Gasteiger partial charge in [-0.05, 0) is 76.4 Å². The van der Waals surface area contributed by atoms with Gasteiger partial charge in [-0.15, -0.1) is 0 Å². The van der Waals surface area contributed by atoms with Crippen LogP contribution in [-0.4, -0.2) is 62.8 Å². The normalized spacial score (nSPS) is 19.8. The third kappa shape index (κ3) is 6.28. The Hall–Kier alpha value is -1.44. The summed E-state index contributed by atoms with van der Waals surface area (Å²) < 4.78 is 27.7. The van der Waals surface area contributed by atoms with Crippen LogP contribution in [0.4, 0.5) is 0 Å². The van der Waals surface area contributed by atoms with E-state index in [9.17, 15) is 13.2 Å². The van der Waals surface area contributed by atoms with Gasteiger partial charge < -0.3 is 10.2 Å². The molecular weight excluding hydrogens is 398 g/mol. The molecule has 6 nitrogen and oxygen atoms in total. The van der Waals surface area contributed by atoms with E-state index >= 15 is 0 Å². The number of likely N-dealkylation sites (tertiary alicyclic amines) is 1. The summed E-state index contributed by atoms with van der Waals surface area (Å²) in [4.78, 5) is 15.5. The van der Waals surface area contributed by atoms with Crippen molar-refractivity contribution in [1.29, 1.82) is 0 Å². The number of aryl methyl sites for hydroxylation is 1. The summed E-state index contributed by atoms with van der Waals surface area (Å²) in [6.45, 7) is 6.91. The van der Waals surface area contributed by atoms with Crippen molar-refractivity contribution in [3.8, 4) is 0 Å². The molecule has 0 atom stereocenters. The number of rotatable bonds is 7. The lowest BCUT2D eigenvalue weighted by Gasteiger charge is -2.21. The van der Waals surface area contributed by atoms with Crippen LogP contribution in [0.15, 0.2) is 23.1 Å². The van der Waals surface area contributed by atoms with Crippen LogP contribution in [0.5, 0.6) is 0 Å². The number of hydrogen-bond donors (Lipinski definition) is 1. The van der Waals surface area contributed by atoms with Crippen LogP contribution >= 0.6 is 0 Å². The largest absolute Gasteiger partial charge is 0.352 e. The third-order valence-corrected chi connectivity index (χ3v) is 8.19. The Balaban J connectivity index is 1.59. The average molecular weight is 436 g/mol. The van der Waals surface area contributed by atoms with Gasteiger partial charge in [0.05, 0.1) is 4.90 Å². The second-order valence-corrected chi connectivity index (χ2v) is 10.6. The van der Waals surface area contributed by atoms with Gasteiger partial charge in [-0.3, -0.25) is 4.79 Å². The highest BCUT2D eigenvalue weighted by molar-refractivity contribution is 7.89. The number of hydrogen-bond acceptors (Lipinski definition) is 4. The second-order valence-electron chi connectivity index (χ2n) is 8.66. The molecule has 0 unspecified atom stereocenters. The second kappa shape index (κ2) is 11.3. The fourth-order valence-corrected chi connectivity index (χ4v) is 5.94. The number of nitrogens with one attached hydrogen (secondary N) is 1. The van der Waals surface area contributed by atoms with Crippen molar-refractivity contribution in [2.24, 2.45) is 0 Å². The molecule has 0 aromatic heterocycles. The lowest BCUT2D eigenvalue weighted by Crippen LogP contribution is -2.33. The summed E-state index contributed by atoms with van der Waals surface area (Å²) in [6.07, 6.45) is 10.0. The van der Waals surface area contributed by atoms with Crippen LogP contribution in [0.2, 0.25) is 0 Å². The lowest BCUT2D eigenvalue weighted by atomic mass is 10.1. The van der Waals surface area contributed by atoms with Gasteiger partial charge in [-0.1, -0.05) is 31.7 Å². The first kappa shape index (κ1) is 23.2. The molecule has 1 aromatic rings. The lowest BCUT2D eigenvalue weighted by molar-refractivity contribution is 0.0951. The Morgan fingerprint density at radius 2 is 1.53 bits per heavy atom.